The average molecular weight is 243 g/mol. The molecule has 1 amide bonds. The number of hydrogen-bond acceptors (Lipinski definition) is 3. The zero-order chi connectivity index (χ0) is 12.2. The molecule has 0 aliphatic carbocycles. The highest BCUT2D eigenvalue weighted by Gasteiger charge is 2.16. The second kappa shape index (κ2) is 5.57. The Hall–Kier alpha value is -0.710. The molecule has 2 N–H and O–H groups in total. The number of carbonyl (C=O) groups excluding carboxylic acids is 1. The van der Waals surface area contributed by atoms with E-state index in [4.69, 9.17) is 0 Å². The monoisotopic (exact) mass is 243 g/mol. The zero-order valence-electron chi connectivity index (χ0n) is 10.5. The zero-order valence-corrected chi connectivity index (χ0v) is 11.3. The lowest BCUT2D eigenvalue weighted by Gasteiger charge is -2.20. The summed E-state index contributed by atoms with van der Waals surface area (Å²) in [7, 11) is 0. The maximum Gasteiger partial charge on any atom is 0.222 e. The van der Waals surface area contributed by atoms with Gasteiger partial charge < -0.3 is 10.6 Å². The number of amidine groups is 1. The van der Waals surface area contributed by atoms with E-state index >= 15 is 0 Å². The lowest BCUT2D eigenvalue weighted by molar-refractivity contribution is -0.122. The van der Waals surface area contributed by atoms with E-state index in [-0.39, 0.29) is 11.4 Å². The van der Waals surface area contributed by atoms with Crippen molar-refractivity contribution in [3.05, 3.63) is 0 Å². The van der Waals surface area contributed by atoms with Crippen LogP contribution in [0, 0.1) is 0 Å². The lowest BCUT2D eigenvalue weighted by atomic mass is 10.1. The van der Waals surface area contributed by atoms with Crippen LogP contribution in [0.25, 0.3) is 0 Å². The second-order valence-electron chi connectivity index (χ2n) is 5.09. The van der Waals surface area contributed by atoms with Crippen LogP contribution < -0.4 is 10.6 Å². The van der Waals surface area contributed by atoms with Gasteiger partial charge in [0.15, 0.2) is 5.17 Å². The van der Waals surface area contributed by atoms with E-state index in [1.165, 1.54) is 0 Å². The number of rotatable bonds is 3. The summed E-state index contributed by atoms with van der Waals surface area (Å²) in [5, 5.41) is 7.14. The Bertz CT molecular complexity index is 283. The third kappa shape index (κ3) is 5.39. The highest BCUT2D eigenvalue weighted by molar-refractivity contribution is 8.14. The van der Waals surface area contributed by atoms with Gasteiger partial charge in [-0.25, -0.2) is 0 Å². The molecule has 1 aliphatic rings. The van der Waals surface area contributed by atoms with Crippen molar-refractivity contribution in [2.45, 2.75) is 45.7 Å². The summed E-state index contributed by atoms with van der Waals surface area (Å²) in [5.41, 5.74) is -0.154. The molecule has 0 aromatic rings. The van der Waals surface area contributed by atoms with Crippen molar-refractivity contribution in [2.24, 2.45) is 4.99 Å². The van der Waals surface area contributed by atoms with Crippen molar-refractivity contribution >= 4 is 22.8 Å². The van der Waals surface area contributed by atoms with Crippen molar-refractivity contribution in [3.8, 4) is 0 Å². The van der Waals surface area contributed by atoms with E-state index < -0.39 is 0 Å². The number of hydrogen-bond donors (Lipinski definition) is 2. The van der Waals surface area contributed by atoms with Crippen LogP contribution in [-0.2, 0) is 4.79 Å². The fraction of sp³-hybridized carbons (Fsp3) is 0.818. The van der Waals surface area contributed by atoms with E-state index in [0.717, 1.165) is 10.9 Å². The Balaban J connectivity index is 2.23. The molecule has 1 unspecified atom stereocenters. The number of aliphatic imine (C=N–C) groups is 1. The summed E-state index contributed by atoms with van der Waals surface area (Å²) in [5.74, 6) is 1.13. The minimum atomic E-state index is -0.154. The van der Waals surface area contributed by atoms with Crippen molar-refractivity contribution in [1.29, 1.82) is 0 Å². The van der Waals surface area contributed by atoms with Crippen LogP contribution in [0.15, 0.2) is 4.99 Å². The van der Waals surface area contributed by atoms with E-state index in [9.17, 15) is 4.79 Å². The molecule has 0 radical (unpaired) electrons. The third-order valence-electron chi connectivity index (χ3n) is 1.95. The number of amides is 1. The van der Waals surface area contributed by atoms with Crippen LogP contribution in [0.1, 0.15) is 34.1 Å². The van der Waals surface area contributed by atoms with Gasteiger partial charge >= 0.3 is 0 Å². The molecule has 16 heavy (non-hydrogen) atoms. The maximum absolute atomic E-state index is 11.5. The summed E-state index contributed by atoms with van der Waals surface area (Å²) in [6.07, 6.45) is 0.456. The molecule has 1 aliphatic heterocycles. The van der Waals surface area contributed by atoms with Crippen molar-refractivity contribution in [2.75, 3.05) is 12.3 Å². The van der Waals surface area contributed by atoms with Gasteiger partial charge in [0.25, 0.3) is 0 Å². The highest BCUT2D eigenvalue weighted by atomic mass is 32.2. The van der Waals surface area contributed by atoms with Crippen LogP contribution in [0.2, 0.25) is 0 Å². The molecular weight excluding hydrogens is 222 g/mol. The molecular formula is C11H21N3OS. The molecule has 1 heterocycles. The first kappa shape index (κ1) is 13.4. The van der Waals surface area contributed by atoms with E-state index in [1.54, 1.807) is 11.8 Å². The Labute approximate surface area is 102 Å². The molecule has 1 fully saturated rings. The van der Waals surface area contributed by atoms with Gasteiger partial charge in [-0.2, -0.15) is 0 Å². The van der Waals surface area contributed by atoms with Crippen molar-refractivity contribution in [3.63, 3.8) is 0 Å². The van der Waals surface area contributed by atoms with Gasteiger partial charge in [0.05, 0.1) is 6.54 Å². The number of thioether (sulfide) groups is 1. The summed E-state index contributed by atoms with van der Waals surface area (Å²) in [4.78, 5) is 15.8. The highest BCUT2D eigenvalue weighted by Crippen LogP contribution is 2.12. The predicted molar refractivity (Wildman–Crippen MR) is 69.9 cm³/mol. The van der Waals surface area contributed by atoms with Crippen molar-refractivity contribution < 1.29 is 4.79 Å². The molecule has 0 bridgehead atoms. The molecule has 1 rings (SSSR count). The van der Waals surface area contributed by atoms with Gasteiger partial charge in [-0.3, -0.25) is 9.79 Å². The van der Waals surface area contributed by atoms with Crippen LogP contribution in [-0.4, -0.2) is 35.0 Å². The smallest absolute Gasteiger partial charge is 0.222 e. The fourth-order valence-corrected chi connectivity index (χ4v) is 2.29. The van der Waals surface area contributed by atoms with Gasteiger partial charge in [-0.05, 0) is 27.7 Å². The quantitative estimate of drug-likeness (QED) is 0.787. The minimum Gasteiger partial charge on any atom is -0.362 e. The van der Waals surface area contributed by atoms with Gasteiger partial charge in [0, 0.05) is 23.8 Å². The Kier molecular flexibility index (Phi) is 4.65. The number of nitrogens with zero attached hydrogens (tertiary/aromatic N) is 1. The number of nitrogens with one attached hydrogen (secondary N) is 2. The van der Waals surface area contributed by atoms with Gasteiger partial charge in [0.2, 0.25) is 5.91 Å². The first-order valence-electron chi connectivity index (χ1n) is 5.61. The molecule has 0 saturated carbocycles. The fourth-order valence-electron chi connectivity index (χ4n) is 1.33. The van der Waals surface area contributed by atoms with Gasteiger partial charge in [-0.1, -0.05) is 11.8 Å². The summed E-state index contributed by atoms with van der Waals surface area (Å²) in [6.45, 7) is 8.62. The molecule has 92 valence electrons. The molecule has 0 spiro atoms. The minimum absolute atomic E-state index is 0.0629. The molecule has 0 aromatic heterocycles. The third-order valence-corrected chi connectivity index (χ3v) is 3.14. The average Bonchev–Trinajstić information content (AvgIpc) is 2.48. The topological polar surface area (TPSA) is 53.5 Å². The largest absolute Gasteiger partial charge is 0.362 e. The lowest BCUT2D eigenvalue weighted by Crippen LogP contribution is -2.40. The normalized spacial score (nSPS) is 23.2. The molecule has 0 aromatic carbocycles. The van der Waals surface area contributed by atoms with Crippen LogP contribution in [0.3, 0.4) is 0 Å². The Morgan fingerprint density at radius 1 is 1.62 bits per heavy atom. The van der Waals surface area contributed by atoms with E-state index in [2.05, 4.69) is 22.5 Å². The maximum atomic E-state index is 11.5. The van der Waals surface area contributed by atoms with Crippen molar-refractivity contribution in [1.82, 2.24) is 10.6 Å². The van der Waals surface area contributed by atoms with Crippen LogP contribution in [0.4, 0.5) is 0 Å². The first-order valence-corrected chi connectivity index (χ1v) is 6.60. The van der Waals surface area contributed by atoms with Gasteiger partial charge in [-0.15, -0.1) is 0 Å². The summed E-state index contributed by atoms with van der Waals surface area (Å²) in [6, 6.07) is 0.493. The van der Waals surface area contributed by atoms with E-state index in [0.29, 0.717) is 19.0 Å². The molecule has 1 saturated heterocycles. The van der Waals surface area contributed by atoms with Gasteiger partial charge in [0.1, 0.15) is 0 Å². The molecule has 4 nitrogen and oxygen atoms in total. The number of carbonyl (C=O) groups is 1. The summed E-state index contributed by atoms with van der Waals surface area (Å²) >= 11 is 1.72. The molecule has 1 atom stereocenters. The predicted octanol–water partition coefficient (Wildman–Crippen LogP) is 1.37. The summed E-state index contributed by atoms with van der Waals surface area (Å²) < 4.78 is 0. The Morgan fingerprint density at radius 2 is 2.31 bits per heavy atom. The SMILES string of the molecule is CC1CSC(=NCCC(=O)NC(C)(C)C)N1. The second-order valence-corrected chi connectivity index (χ2v) is 6.10. The first-order chi connectivity index (χ1) is 7.37. The van der Waals surface area contributed by atoms with E-state index in [1.807, 2.05) is 20.8 Å². The molecule has 5 heteroatoms. The standard InChI is InChI=1S/C11H21N3OS/c1-8-7-16-10(13-8)12-6-5-9(15)14-11(2,3)4/h8H,5-7H2,1-4H3,(H,12,13)(H,14,15). The van der Waals surface area contributed by atoms with Crippen LogP contribution in [0.5, 0.6) is 0 Å². The Morgan fingerprint density at radius 3 is 2.81 bits per heavy atom. The van der Waals surface area contributed by atoms with Crippen LogP contribution >= 0.6 is 11.8 Å².